The number of carbonyl (C=O) groups excluding carboxylic acids is 3. The third-order valence-electron chi connectivity index (χ3n) is 9.91. The number of hydrogen-bond donors (Lipinski definition) is 0. The van der Waals surface area contributed by atoms with Crippen molar-refractivity contribution in [2.45, 2.75) is 239 Å². The van der Waals surface area contributed by atoms with E-state index >= 15 is 0 Å². The molecule has 6 nitrogen and oxygen atoms in total. The Hall–Kier alpha value is -2.37. The van der Waals surface area contributed by atoms with E-state index in [1.54, 1.807) is 0 Å². The van der Waals surface area contributed by atoms with Crippen molar-refractivity contribution in [2.24, 2.45) is 0 Å². The van der Waals surface area contributed by atoms with Crippen LogP contribution in [0, 0.1) is 0 Å². The average Bonchev–Trinajstić information content (AvgIpc) is 3.17. The zero-order valence-corrected chi connectivity index (χ0v) is 35.7. The van der Waals surface area contributed by atoms with E-state index in [0.29, 0.717) is 19.3 Å². The van der Waals surface area contributed by atoms with Crippen LogP contribution in [0.15, 0.2) is 36.5 Å². The fraction of sp³-hybridized carbons (Fsp3) is 0.812. The van der Waals surface area contributed by atoms with Gasteiger partial charge >= 0.3 is 17.9 Å². The molecule has 0 rings (SSSR count). The van der Waals surface area contributed by atoms with Gasteiger partial charge in [-0.05, 0) is 51.4 Å². The Morgan fingerprint density at radius 2 is 0.722 bits per heavy atom. The summed E-state index contributed by atoms with van der Waals surface area (Å²) in [6.45, 7) is 6.47. The molecule has 0 amide bonds. The van der Waals surface area contributed by atoms with Gasteiger partial charge in [-0.15, -0.1) is 0 Å². The number of ether oxygens (including phenoxy) is 3. The van der Waals surface area contributed by atoms with Crippen LogP contribution in [0.4, 0.5) is 0 Å². The third-order valence-corrected chi connectivity index (χ3v) is 9.91. The lowest BCUT2D eigenvalue weighted by molar-refractivity contribution is -0.167. The van der Waals surface area contributed by atoms with E-state index in [-0.39, 0.29) is 37.5 Å². The van der Waals surface area contributed by atoms with Gasteiger partial charge in [-0.1, -0.05) is 198 Å². The molecule has 0 saturated heterocycles. The van der Waals surface area contributed by atoms with E-state index in [2.05, 4.69) is 57.2 Å². The van der Waals surface area contributed by atoms with Crippen LogP contribution in [-0.4, -0.2) is 37.2 Å². The first-order valence-corrected chi connectivity index (χ1v) is 23.0. The fourth-order valence-corrected chi connectivity index (χ4v) is 6.46. The maximum Gasteiger partial charge on any atom is 0.306 e. The Balaban J connectivity index is 4.36. The smallest absolute Gasteiger partial charge is 0.306 e. The van der Waals surface area contributed by atoms with Gasteiger partial charge in [0.2, 0.25) is 0 Å². The van der Waals surface area contributed by atoms with Gasteiger partial charge in [0.05, 0.1) is 0 Å². The van der Waals surface area contributed by atoms with Crippen molar-refractivity contribution >= 4 is 17.9 Å². The summed E-state index contributed by atoms with van der Waals surface area (Å²) >= 11 is 0. The number of allylic oxidation sites excluding steroid dienone is 6. The first-order valence-electron chi connectivity index (χ1n) is 23.0. The molecule has 0 aliphatic heterocycles. The molecule has 0 radical (unpaired) electrons. The molecule has 0 fully saturated rings. The molecular weight excluding hydrogens is 673 g/mol. The van der Waals surface area contributed by atoms with Crippen molar-refractivity contribution < 1.29 is 28.6 Å². The number of hydrogen-bond acceptors (Lipinski definition) is 6. The average molecular weight is 759 g/mol. The van der Waals surface area contributed by atoms with Crippen molar-refractivity contribution in [3.05, 3.63) is 36.5 Å². The first-order chi connectivity index (χ1) is 26.5. The minimum atomic E-state index is -0.784. The normalized spacial score (nSPS) is 12.3. The molecule has 0 aliphatic carbocycles. The molecule has 0 aromatic rings. The Kier molecular flexibility index (Phi) is 41.5. The van der Waals surface area contributed by atoms with Crippen LogP contribution < -0.4 is 0 Å². The lowest BCUT2D eigenvalue weighted by atomic mass is 10.0. The Labute approximate surface area is 334 Å². The second-order valence-electron chi connectivity index (χ2n) is 15.3. The van der Waals surface area contributed by atoms with Crippen LogP contribution in [0.2, 0.25) is 0 Å². The topological polar surface area (TPSA) is 78.9 Å². The predicted molar refractivity (Wildman–Crippen MR) is 229 cm³/mol. The lowest BCUT2D eigenvalue weighted by Gasteiger charge is -2.18. The van der Waals surface area contributed by atoms with Crippen molar-refractivity contribution in [2.75, 3.05) is 13.2 Å². The van der Waals surface area contributed by atoms with Crippen molar-refractivity contribution in [3.63, 3.8) is 0 Å². The number of rotatable bonds is 41. The van der Waals surface area contributed by atoms with E-state index in [4.69, 9.17) is 14.2 Å². The van der Waals surface area contributed by atoms with Crippen LogP contribution >= 0.6 is 0 Å². The quantitative estimate of drug-likeness (QED) is 0.0267. The molecule has 0 N–H and O–H groups in total. The molecule has 6 heteroatoms. The maximum absolute atomic E-state index is 12.7. The second kappa shape index (κ2) is 43.4. The van der Waals surface area contributed by atoms with E-state index < -0.39 is 6.10 Å². The summed E-state index contributed by atoms with van der Waals surface area (Å²) in [6.07, 6.45) is 48.5. The minimum Gasteiger partial charge on any atom is -0.462 e. The molecule has 1 unspecified atom stereocenters. The SMILES string of the molecule is CC/C=C\C/C=C\C/C=C\CCCCC(=O)OC(COC(=O)CCCCCCCCCCC)COC(=O)CCCCCCCCCCCCCCCCC. The van der Waals surface area contributed by atoms with E-state index in [1.165, 1.54) is 116 Å². The van der Waals surface area contributed by atoms with Gasteiger partial charge in [0.1, 0.15) is 13.2 Å². The highest BCUT2D eigenvalue weighted by molar-refractivity contribution is 5.71. The van der Waals surface area contributed by atoms with E-state index in [1.807, 2.05) is 0 Å². The van der Waals surface area contributed by atoms with Gasteiger partial charge in [0.25, 0.3) is 0 Å². The zero-order valence-electron chi connectivity index (χ0n) is 35.7. The fourth-order valence-electron chi connectivity index (χ4n) is 6.46. The van der Waals surface area contributed by atoms with Crippen LogP contribution in [0.3, 0.4) is 0 Å². The highest BCUT2D eigenvalue weighted by atomic mass is 16.6. The van der Waals surface area contributed by atoms with E-state index in [9.17, 15) is 14.4 Å². The Bertz CT molecular complexity index is 922. The van der Waals surface area contributed by atoms with Crippen LogP contribution in [0.5, 0.6) is 0 Å². The van der Waals surface area contributed by atoms with Gasteiger partial charge in [0, 0.05) is 19.3 Å². The van der Waals surface area contributed by atoms with Gasteiger partial charge in [-0.2, -0.15) is 0 Å². The van der Waals surface area contributed by atoms with E-state index in [0.717, 1.165) is 70.6 Å². The second-order valence-corrected chi connectivity index (χ2v) is 15.3. The predicted octanol–water partition coefficient (Wildman–Crippen LogP) is 14.6. The molecule has 0 aromatic carbocycles. The number of carbonyl (C=O) groups is 3. The van der Waals surface area contributed by atoms with Gasteiger partial charge in [0.15, 0.2) is 6.10 Å². The summed E-state index contributed by atoms with van der Waals surface area (Å²) in [5.74, 6) is -0.923. The molecule has 314 valence electrons. The summed E-state index contributed by atoms with van der Waals surface area (Å²) in [6, 6.07) is 0. The highest BCUT2D eigenvalue weighted by Gasteiger charge is 2.19. The molecule has 0 bridgehead atoms. The molecule has 0 aliphatic rings. The summed E-state index contributed by atoms with van der Waals surface area (Å²) in [7, 11) is 0. The molecule has 0 spiro atoms. The Morgan fingerprint density at radius 1 is 0.389 bits per heavy atom. The van der Waals surface area contributed by atoms with Crippen molar-refractivity contribution in [3.8, 4) is 0 Å². The summed E-state index contributed by atoms with van der Waals surface area (Å²) < 4.78 is 16.7. The summed E-state index contributed by atoms with van der Waals surface area (Å²) in [5, 5.41) is 0. The van der Waals surface area contributed by atoms with Crippen LogP contribution in [-0.2, 0) is 28.6 Å². The molecule has 0 heterocycles. The van der Waals surface area contributed by atoms with Crippen molar-refractivity contribution in [1.82, 2.24) is 0 Å². The highest BCUT2D eigenvalue weighted by Crippen LogP contribution is 2.15. The Morgan fingerprint density at radius 3 is 1.13 bits per heavy atom. The standard InChI is InChI=1S/C48H86O6/c1-4-7-10-13-16-19-21-23-24-25-27-29-32-35-38-41-47(50)53-44-45(43-52-46(49)40-37-34-31-28-18-15-12-9-6-3)54-48(51)42-39-36-33-30-26-22-20-17-14-11-8-5-2/h8,11,17,20,26,30,45H,4-7,9-10,12-16,18-19,21-25,27-29,31-44H2,1-3H3/b11-8-,20-17-,30-26-. The maximum atomic E-state index is 12.7. The van der Waals surface area contributed by atoms with Crippen LogP contribution in [0.1, 0.15) is 233 Å². The molecule has 1 atom stereocenters. The monoisotopic (exact) mass is 759 g/mol. The molecule has 0 aromatic heterocycles. The minimum absolute atomic E-state index is 0.0842. The number of esters is 3. The van der Waals surface area contributed by atoms with Crippen LogP contribution in [0.25, 0.3) is 0 Å². The molecule has 54 heavy (non-hydrogen) atoms. The van der Waals surface area contributed by atoms with Crippen molar-refractivity contribution in [1.29, 1.82) is 0 Å². The van der Waals surface area contributed by atoms with Gasteiger partial charge in [-0.25, -0.2) is 0 Å². The van der Waals surface area contributed by atoms with Gasteiger partial charge < -0.3 is 14.2 Å². The molecular formula is C48H86O6. The largest absolute Gasteiger partial charge is 0.462 e. The van der Waals surface area contributed by atoms with Gasteiger partial charge in [-0.3, -0.25) is 14.4 Å². The zero-order chi connectivity index (χ0) is 39.4. The molecule has 0 saturated carbocycles. The lowest BCUT2D eigenvalue weighted by Crippen LogP contribution is -2.30. The first kappa shape index (κ1) is 51.6. The number of unbranched alkanes of at least 4 members (excludes halogenated alkanes) is 24. The summed E-state index contributed by atoms with van der Waals surface area (Å²) in [4.78, 5) is 37.7. The summed E-state index contributed by atoms with van der Waals surface area (Å²) in [5.41, 5.74) is 0. The third kappa shape index (κ3) is 40.8.